The lowest BCUT2D eigenvalue weighted by Gasteiger charge is -2.37. The molecule has 1 aliphatic carbocycles. The van der Waals surface area contributed by atoms with E-state index in [0.29, 0.717) is 18.1 Å². The quantitative estimate of drug-likeness (QED) is 0.845. The first-order valence-electron chi connectivity index (χ1n) is 8.41. The standard InChI is InChI=1S/C16H27N3O2/c1-11(16(21)17-13-7-8-13)18-9-3-5-14(18)15-6-4-10-19(15)12(2)20/h11,13-15H,3-10H2,1-2H3,(H,17,21)/t11-,14-,15+/m0/s1. The van der Waals surface area contributed by atoms with Crippen molar-refractivity contribution in [2.45, 2.75) is 76.5 Å². The molecule has 2 amide bonds. The van der Waals surface area contributed by atoms with Crippen LogP contribution >= 0.6 is 0 Å². The number of hydrogen-bond acceptors (Lipinski definition) is 3. The zero-order chi connectivity index (χ0) is 15.0. The fraction of sp³-hybridized carbons (Fsp3) is 0.875. The van der Waals surface area contributed by atoms with Gasteiger partial charge in [0.05, 0.1) is 6.04 Å². The van der Waals surface area contributed by atoms with Crippen LogP contribution in [0.3, 0.4) is 0 Å². The average Bonchev–Trinajstić information content (AvgIpc) is 2.96. The molecular formula is C16H27N3O2. The Morgan fingerprint density at radius 3 is 2.38 bits per heavy atom. The lowest BCUT2D eigenvalue weighted by molar-refractivity contribution is -0.131. The van der Waals surface area contributed by atoms with Crippen LogP contribution in [0.5, 0.6) is 0 Å². The van der Waals surface area contributed by atoms with Gasteiger partial charge in [-0.25, -0.2) is 0 Å². The maximum absolute atomic E-state index is 12.3. The molecule has 1 N–H and O–H groups in total. The van der Waals surface area contributed by atoms with Gasteiger partial charge in [0.25, 0.3) is 0 Å². The highest BCUT2D eigenvalue weighted by Crippen LogP contribution is 2.31. The Balaban J connectivity index is 1.66. The van der Waals surface area contributed by atoms with Gasteiger partial charge in [0.15, 0.2) is 0 Å². The fourth-order valence-corrected chi connectivity index (χ4v) is 3.99. The number of nitrogens with one attached hydrogen (secondary N) is 1. The van der Waals surface area contributed by atoms with E-state index in [-0.39, 0.29) is 17.9 Å². The van der Waals surface area contributed by atoms with E-state index in [9.17, 15) is 9.59 Å². The van der Waals surface area contributed by atoms with E-state index in [2.05, 4.69) is 10.2 Å². The molecule has 1 saturated carbocycles. The zero-order valence-corrected chi connectivity index (χ0v) is 13.2. The van der Waals surface area contributed by atoms with Gasteiger partial charge in [-0.1, -0.05) is 0 Å². The van der Waals surface area contributed by atoms with Crippen LogP contribution in [0.25, 0.3) is 0 Å². The topological polar surface area (TPSA) is 52.7 Å². The smallest absolute Gasteiger partial charge is 0.237 e. The first kappa shape index (κ1) is 14.8. The molecule has 3 rings (SSSR count). The largest absolute Gasteiger partial charge is 0.352 e. The minimum absolute atomic E-state index is 0.0764. The van der Waals surface area contributed by atoms with Gasteiger partial charge in [0, 0.05) is 31.6 Å². The molecule has 3 fully saturated rings. The Labute approximate surface area is 127 Å². The van der Waals surface area contributed by atoms with E-state index in [4.69, 9.17) is 0 Å². The van der Waals surface area contributed by atoms with Crippen LogP contribution in [0, 0.1) is 0 Å². The lowest BCUT2D eigenvalue weighted by Crippen LogP contribution is -2.54. The Kier molecular flexibility index (Phi) is 4.20. The first-order valence-corrected chi connectivity index (χ1v) is 8.41. The van der Waals surface area contributed by atoms with Gasteiger partial charge in [0.2, 0.25) is 11.8 Å². The second-order valence-corrected chi connectivity index (χ2v) is 6.83. The van der Waals surface area contributed by atoms with E-state index in [1.807, 2.05) is 11.8 Å². The van der Waals surface area contributed by atoms with Gasteiger partial charge in [-0.2, -0.15) is 0 Å². The van der Waals surface area contributed by atoms with Crippen LogP contribution in [0.2, 0.25) is 0 Å². The predicted octanol–water partition coefficient (Wildman–Crippen LogP) is 1.13. The molecule has 2 saturated heterocycles. The highest BCUT2D eigenvalue weighted by atomic mass is 16.2. The molecule has 3 aliphatic rings. The van der Waals surface area contributed by atoms with Crippen molar-refractivity contribution in [3.8, 4) is 0 Å². The van der Waals surface area contributed by atoms with Crippen molar-refractivity contribution in [3.05, 3.63) is 0 Å². The second-order valence-electron chi connectivity index (χ2n) is 6.83. The summed E-state index contributed by atoms with van der Waals surface area (Å²) in [5.74, 6) is 0.344. The minimum atomic E-state index is -0.0764. The van der Waals surface area contributed by atoms with Crippen molar-refractivity contribution in [1.82, 2.24) is 15.1 Å². The third-order valence-electron chi connectivity index (χ3n) is 5.29. The number of carbonyl (C=O) groups excluding carboxylic acids is 2. The molecule has 0 aromatic heterocycles. The maximum Gasteiger partial charge on any atom is 0.237 e. The van der Waals surface area contributed by atoms with E-state index < -0.39 is 0 Å². The summed E-state index contributed by atoms with van der Waals surface area (Å²) in [6.45, 7) is 5.54. The first-order chi connectivity index (χ1) is 10.1. The van der Waals surface area contributed by atoms with E-state index in [0.717, 1.165) is 51.6 Å². The normalized spacial score (nSPS) is 31.4. The van der Waals surface area contributed by atoms with Gasteiger partial charge >= 0.3 is 0 Å². The van der Waals surface area contributed by atoms with Crippen molar-refractivity contribution < 1.29 is 9.59 Å². The van der Waals surface area contributed by atoms with Crippen molar-refractivity contribution in [1.29, 1.82) is 0 Å². The highest BCUT2D eigenvalue weighted by molar-refractivity contribution is 5.82. The fourth-order valence-electron chi connectivity index (χ4n) is 3.99. The van der Waals surface area contributed by atoms with Gasteiger partial charge in [-0.05, 0) is 52.0 Å². The highest BCUT2D eigenvalue weighted by Gasteiger charge is 2.42. The molecule has 0 aromatic rings. The van der Waals surface area contributed by atoms with Gasteiger partial charge < -0.3 is 10.2 Å². The van der Waals surface area contributed by atoms with Crippen molar-refractivity contribution >= 4 is 11.8 Å². The van der Waals surface area contributed by atoms with Gasteiger partial charge in [0.1, 0.15) is 0 Å². The molecule has 5 nitrogen and oxygen atoms in total. The molecule has 0 radical (unpaired) electrons. The summed E-state index contributed by atoms with van der Waals surface area (Å²) in [7, 11) is 0. The molecule has 0 unspecified atom stereocenters. The van der Waals surface area contributed by atoms with Crippen LogP contribution in [0.1, 0.15) is 52.4 Å². The maximum atomic E-state index is 12.3. The number of amides is 2. The van der Waals surface area contributed by atoms with Crippen LogP contribution in [0.15, 0.2) is 0 Å². The molecule has 2 heterocycles. The average molecular weight is 293 g/mol. The molecule has 0 spiro atoms. The SMILES string of the molecule is CC(=O)N1CCC[C@@H]1[C@@H]1CCCN1[C@@H](C)C(=O)NC1CC1. The van der Waals surface area contributed by atoms with Crippen LogP contribution < -0.4 is 5.32 Å². The molecule has 2 aliphatic heterocycles. The van der Waals surface area contributed by atoms with E-state index in [1.54, 1.807) is 6.92 Å². The summed E-state index contributed by atoms with van der Waals surface area (Å²) >= 11 is 0. The molecule has 0 bridgehead atoms. The summed E-state index contributed by atoms with van der Waals surface area (Å²) < 4.78 is 0. The molecule has 5 heteroatoms. The van der Waals surface area contributed by atoms with Crippen LogP contribution in [-0.2, 0) is 9.59 Å². The number of likely N-dealkylation sites (tertiary alicyclic amines) is 2. The van der Waals surface area contributed by atoms with E-state index in [1.165, 1.54) is 0 Å². The lowest BCUT2D eigenvalue weighted by atomic mass is 10.0. The summed E-state index contributed by atoms with van der Waals surface area (Å²) in [5, 5.41) is 3.11. The van der Waals surface area contributed by atoms with Crippen LogP contribution in [0.4, 0.5) is 0 Å². The minimum Gasteiger partial charge on any atom is -0.352 e. The monoisotopic (exact) mass is 293 g/mol. The Bertz CT molecular complexity index is 422. The third-order valence-corrected chi connectivity index (χ3v) is 5.29. The number of hydrogen-bond donors (Lipinski definition) is 1. The molecule has 21 heavy (non-hydrogen) atoms. The Morgan fingerprint density at radius 1 is 1.05 bits per heavy atom. The summed E-state index contributed by atoms with van der Waals surface area (Å²) in [4.78, 5) is 28.5. The molecule has 0 aromatic carbocycles. The third kappa shape index (κ3) is 3.07. The predicted molar refractivity (Wildman–Crippen MR) is 80.8 cm³/mol. The second kappa shape index (κ2) is 5.95. The number of nitrogens with zero attached hydrogens (tertiary/aromatic N) is 2. The zero-order valence-electron chi connectivity index (χ0n) is 13.2. The number of carbonyl (C=O) groups is 2. The summed E-state index contributed by atoms with van der Waals surface area (Å²) in [6.07, 6.45) is 6.67. The van der Waals surface area contributed by atoms with Crippen molar-refractivity contribution in [3.63, 3.8) is 0 Å². The number of rotatable bonds is 4. The van der Waals surface area contributed by atoms with Crippen molar-refractivity contribution in [2.24, 2.45) is 0 Å². The van der Waals surface area contributed by atoms with Gasteiger partial charge in [-0.15, -0.1) is 0 Å². The Morgan fingerprint density at radius 2 is 1.71 bits per heavy atom. The summed E-state index contributed by atoms with van der Waals surface area (Å²) in [6, 6.07) is 1.01. The molecule has 118 valence electrons. The van der Waals surface area contributed by atoms with E-state index >= 15 is 0 Å². The molecule has 3 atom stereocenters. The molecular weight excluding hydrogens is 266 g/mol. The van der Waals surface area contributed by atoms with Gasteiger partial charge in [-0.3, -0.25) is 14.5 Å². The van der Waals surface area contributed by atoms with Crippen LogP contribution in [-0.4, -0.2) is 58.9 Å². The Hall–Kier alpha value is -1.10. The van der Waals surface area contributed by atoms with Crippen molar-refractivity contribution in [2.75, 3.05) is 13.1 Å². The summed E-state index contributed by atoms with van der Waals surface area (Å²) in [5.41, 5.74) is 0.